The molecule has 4 nitrogen and oxygen atoms in total. The SMILES string of the molecule is Cl.Cl.O=C1CC=CC=CN1.O=C1CC=CC=CN1. The molecule has 100 valence electrons. The maximum atomic E-state index is 10.5. The summed E-state index contributed by atoms with van der Waals surface area (Å²) in [6, 6.07) is 0. The highest BCUT2D eigenvalue weighted by Gasteiger charge is 1.94. The molecule has 0 unspecified atom stereocenters. The average Bonchev–Trinajstić information content (AvgIpc) is 2.64. The van der Waals surface area contributed by atoms with Gasteiger partial charge >= 0.3 is 0 Å². The van der Waals surface area contributed by atoms with E-state index in [1.807, 2.05) is 24.3 Å². The molecule has 0 fully saturated rings. The van der Waals surface area contributed by atoms with Crippen LogP contribution in [0.5, 0.6) is 0 Å². The van der Waals surface area contributed by atoms with E-state index in [1.54, 1.807) is 24.6 Å². The Labute approximate surface area is 119 Å². The van der Waals surface area contributed by atoms with Gasteiger partial charge in [-0.3, -0.25) is 9.59 Å². The second-order valence-corrected chi connectivity index (χ2v) is 3.12. The van der Waals surface area contributed by atoms with Crippen LogP contribution < -0.4 is 10.6 Å². The minimum Gasteiger partial charge on any atom is -0.332 e. The Morgan fingerprint density at radius 2 is 1.11 bits per heavy atom. The van der Waals surface area contributed by atoms with Gasteiger partial charge in [0, 0.05) is 25.2 Å². The summed E-state index contributed by atoms with van der Waals surface area (Å²) in [5.41, 5.74) is 0. The number of hydrogen-bond acceptors (Lipinski definition) is 2. The summed E-state index contributed by atoms with van der Waals surface area (Å²) in [5.74, 6) is 0.102. The third-order valence-electron chi connectivity index (χ3n) is 1.78. The molecule has 6 heteroatoms. The average molecular weight is 291 g/mol. The van der Waals surface area contributed by atoms with Gasteiger partial charge in [-0.1, -0.05) is 24.3 Å². The highest BCUT2D eigenvalue weighted by molar-refractivity contribution is 5.85. The van der Waals surface area contributed by atoms with Gasteiger partial charge in [-0.2, -0.15) is 0 Å². The van der Waals surface area contributed by atoms with Gasteiger partial charge in [-0.05, 0) is 12.2 Å². The first kappa shape index (κ1) is 18.8. The van der Waals surface area contributed by atoms with Crippen molar-refractivity contribution in [3.8, 4) is 0 Å². The van der Waals surface area contributed by atoms with Gasteiger partial charge in [-0.25, -0.2) is 0 Å². The van der Waals surface area contributed by atoms with E-state index in [1.165, 1.54) is 0 Å². The first-order valence-electron chi connectivity index (χ1n) is 5.01. The fraction of sp³-hybridized carbons (Fsp3) is 0.167. The first-order chi connectivity index (χ1) is 7.79. The van der Waals surface area contributed by atoms with Gasteiger partial charge in [0.25, 0.3) is 0 Å². The highest BCUT2D eigenvalue weighted by atomic mass is 35.5. The van der Waals surface area contributed by atoms with Crippen LogP contribution in [0.4, 0.5) is 0 Å². The first-order valence-corrected chi connectivity index (χ1v) is 5.01. The Kier molecular flexibility index (Phi) is 12.5. The van der Waals surface area contributed by atoms with E-state index in [-0.39, 0.29) is 36.6 Å². The van der Waals surface area contributed by atoms with Gasteiger partial charge in [0.2, 0.25) is 11.8 Å². The van der Waals surface area contributed by atoms with E-state index in [2.05, 4.69) is 10.6 Å². The van der Waals surface area contributed by atoms with E-state index in [0.29, 0.717) is 12.8 Å². The van der Waals surface area contributed by atoms with Crippen LogP contribution in [0.3, 0.4) is 0 Å². The predicted octanol–water partition coefficient (Wildman–Crippen LogP) is 2.00. The number of hydrogen-bond donors (Lipinski definition) is 2. The van der Waals surface area contributed by atoms with Gasteiger partial charge in [0.1, 0.15) is 0 Å². The zero-order valence-electron chi connectivity index (χ0n) is 9.67. The second-order valence-electron chi connectivity index (χ2n) is 3.12. The lowest BCUT2D eigenvalue weighted by Crippen LogP contribution is -2.13. The number of carbonyl (C=O) groups excluding carboxylic acids is 2. The summed E-state index contributed by atoms with van der Waals surface area (Å²) >= 11 is 0. The van der Waals surface area contributed by atoms with Crippen LogP contribution in [0.1, 0.15) is 12.8 Å². The topological polar surface area (TPSA) is 58.2 Å². The monoisotopic (exact) mass is 290 g/mol. The Balaban J connectivity index is 0. The zero-order chi connectivity index (χ0) is 11.6. The van der Waals surface area contributed by atoms with Gasteiger partial charge < -0.3 is 10.6 Å². The molecule has 0 radical (unpaired) electrons. The highest BCUT2D eigenvalue weighted by Crippen LogP contribution is 1.88. The van der Waals surface area contributed by atoms with E-state index in [0.717, 1.165) is 0 Å². The van der Waals surface area contributed by atoms with Crippen LogP contribution in [0.25, 0.3) is 0 Å². The lowest BCUT2D eigenvalue weighted by atomic mass is 10.4. The third kappa shape index (κ3) is 9.69. The summed E-state index contributed by atoms with van der Waals surface area (Å²) in [7, 11) is 0. The largest absolute Gasteiger partial charge is 0.332 e. The van der Waals surface area contributed by atoms with Gasteiger partial charge in [0.15, 0.2) is 0 Å². The summed E-state index contributed by atoms with van der Waals surface area (Å²) in [4.78, 5) is 20.9. The van der Waals surface area contributed by atoms with Crippen molar-refractivity contribution in [2.75, 3.05) is 0 Å². The number of allylic oxidation sites excluding steroid dienone is 4. The van der Waals surface area contributed by atoms with Gasteiger partial charge in [-0.15, -0.1) is 24.8 Å². The lowest BCUT2D eigenvalue weighted by molar-refractivity contribution is -0.120. The molecule has 2 aliphatic heterocycles. The molecule has 0 aromatic carbocycles. The van der Waals surface area contributed by atoms with Crippen LogP contribution in [0.15, 0.2) is 48.9 Å². The molecule has 2 heterocycles. The smallest absolute Gasteiger partial charge is 0.227 e. The molecule has 2 N–H and O–H groups in total. The van der Waals surface area contributed by atoms with Crippen LogP contribution >= 0.6 is 24.8 Å². The molecule has 18 heavy (non-hydrogen) atoms. The molecule has 0 aromatic rings. The normalized spacial score (nSPS) is 15.8. The Hall–Kier alpha value is -1.52. The molecule has 2 aliphatic rings. The molecule has 0 atom stereocenters. The minimum absolute atomic E-state index is 0. The number of nitrogens with one attached hydrogen (secondary N) is 2. The molecule has 2 amide bonds. The number of amides is 2. The summed E-state index contributed by atoms with van der Waals surface area (Å²) in [6.07, 6.45) is 15.2. The van der Waals surface area contributed by atoms with E-state index in [4.69, 9.17) is 0 Å². The second kappa shape index (κ2) is 12.0. The molecule has 0 saturated carbocycles. The summed E-state index contributed by atoms with van der Waals surface area (Å²) in [5, 5.41) is 5.12. The van der Waals surface area contributed by atoms with Crippen molar-refractivity contribution in [3.05, 3.63) is 48.9 Å². The maximum Gasteiger partial charge on any atom is 0.227 e. The van der Waals surface area contributed by atoms with Crippen LogP contribution in [0.2, 0.25) is 0 Å². The molecular weight excluding hydrogens is 275 g/mol. The number of carbonyl (C=O) groups is 2. The molecule has 2 rings (SSSR count). The van der Waals surface area contributed by atoms with Gasteiger partial charge in [0.05, 0.1) is 0 Å². The predicted molar refractivity (Wildman–Crippen MR) is 76.6 cm³/mol. The van der Waals surface area contributed by atoms with Crippen LogP contribution in [0, 0.1) is 0 Å². The Morgan fingerprint density at radius 1 is 0.722 bits per heavy atom. The molecule has 0 spiro atoms. The van der Waals surface area contributed by atoms with E-state index >= 15 is 0 Å². The molecular formula is C12H16Cl2N2O2. The number of halogens is 2. The summed E-state index contributed by atoms with van der Waals surface area (Å²) < 4.78 is 0. The van der Waals surface area contributed by atoms with Crippen molar-refractivity contribution in [3.63, 3.8) is 0 Å². The Bertz CT molecular complexity index is 306. The molecule has 0 saturated heterocycles. The standard InChI is InChI=1S/2C6H7NO.2ClH/c2*8-6-4-2-1-3-5-7-6;;/h2*1-3,5H,4H2,(H,7,8);2*1H. The van der Waals surface area contributed by atoms with Crippen molar-refractivity contribution >= 4 is 36.6 Å². The Morgan fingerprint density at radius 3 is 1.50 bits per heavy atom. The van der Waals surface area contributed by atoms with E-state index in [9.17, 15) is 9.59 Å². The van der Waals surface area contributed by atoms with Crippen molar-refractivity contribution in [2.24, 2.45) is 0 Å². The van der Waals surface area contributed by atoms with Crippen molar-refractivity contribution in [1.29, 1.82) is 0 Å². The third-order valence-corrected chi connectivity index (χ3v) is 1.78. The maximum absolute atomic E-state index is 10.5. The molecule has 0 aliphatic carbocycles. The van der Waals surface area contributed by atoms with Crippen LogP contribution in [-0.4, -0.2) is 11.8 Å². The van der Waals surface area contributed by atoms with E-state index < -0.39 is 0 Å². The minimum atomic E-state index is 0. The fourth-order valence-electron chi connectivity index (χ4n) is 1.02. The molecule has 0 bridgehead atoms. The molecule has 0 aromatic heterocycles. The summed E-state index contributed by atoms with van der Waals surface area (Å²) in [6.45, 7) is 0. The van der Waals surface area contributed by atoms with Crippen molar-refractivity contribution in [2.45, 2.75) is 12.8 Å². The fourth-order valence-corrected chi connectivity index (χ4v) is 1.02. The number of rotatable bonds is 0. The van der Waals surface area contributed by atoms with Crippen LogP contribution in [-0.2, 0) is 9.59 Å². The lowest BCUT2D eigenvalue weighted by Gasteiger charge is -1.88. The van der Waals surface area contributed by atoms with Crippen molar-refractivity contribution in [1.82, 2.24) is 10.6 Å². The van der Waals surface area contributed by atoms with Crippen molar-refractivity contribution < 1.29 is 9.59 Å². The quantitative estimate of drug-likeness (QED) is 0.717. The zero-order valence-corrected chi connectivity index (χ0v) is 11.3.